The maximum Gasteiger partial charge on any atom is 0.258 e. The van der Waals surface area contributed by atoms with Crippen molar-refractivity contribution in [2.24, 2.45) is 0 Å². The zero-order valence-corrected chi connectivity index (χ0v) is 15.3. The van der Waals surface area contributed by atoms with Gasteiger partial charge in [0.25, 0.3) is 5.91 Å². The minimum absolute atomic E-state index is 0.158. The van der Waals surface area contributed by atoms with E-state index in [-0.39, 0.29) is 5.91 Å². The molecule has 142 valence electrons. The molecule has 0 N–H and O–H groups in total. The predicted octanol–water partition coefficient (Wildman–Crippen LogP) is 2.62. The normalized spacial score (nSPS) is 17.7. The van der Waals surface area contributed by atoms with Gasteiger partial charge >= 0.3 is 0 Å². The van der Waals surface area contributed by atoms with E-state index in [0.29, 0.717) is 12.1 Å². The summed E-state index contributed by atoms with van der Waals surface area (Å²) in [6.45, 7) is 6.80. The van der Waals surface area contributed by atoms with Gasteiger partial charge in [-0.15, -0.1) is 0 Å². The van der Waals surface area contributed by atoms with E-state index in [0.717, 1.165) is 57.3 Å². The van der Waals surface area contributed by atoms with E-state index < -0.39 is 5.82 Å². The van der Waals surface area contributed by atoms with E-state index in [1.807, 2.05) is 18.2 Å². The smallest absolute Gasteiger partial charge is 0.258 e. The van der Waals surface area contributed by atoms with Gasteiger partial charge in [0.05, 0.1) is 24.6 Å². The molecule has 0 radical (unpaired) electrons. The molecule has 0 bridgehead atoms. The van der Waals surface area contributed by atoms with Crippen LogP contribution < -0.4 is 9.80 Å². The molecule has 1 fully saturated rings. The van der Waals surface area contributed by atoms with Gasteiger partial charge < -0.3 is 14.5 Å². The van der Waals surface area contributed by atoms with Crippen LogP contribution in [0.1, 0.15) is 10.4 Å². The molecule has 0 aromatic heterocycles. The second-order valence-electron chi connectivity index (χ2n) is 6.90. The van der Waals surface area contributed by atoms with Crippen molar-refractivity contribution in [2.45, 2.75) is 0 Å². The number of hydrogen-bond acceptors (Lipinski definition) is 4. The number of morpholine rings is 1. The molecule has 0 unspecified atom stereocenters. The maximum atomic E-state index is 13.5. The van der Waals surface area contributed by atoms with E-state index in [9.17, 15) is 9.18 Å². The van der Waals surface area contributed by atoms with Gasteiger partial charge in [-0.2, -0.15) is 0 Å². The molecule has 2 aliphatic rings. The number of carbonyl (C=O) groups is 1. The summed E-state index contributed by atoms with van der Waals surface area (Å²) in [6, 6.07) is 13.9. The number of nitrogens with zero attached hydrogens (tertiary/aromatic N) is 3. The number of fused-ring (bicyclic) bond motifs is 1. The molecule has 0 saturated carbocycles. The van der Waals surface area contributed by atoms with E-state index >= 15 is 0 Å². The first kappa shape index (κ1) is 17.9. The number of anilines is 2. The molecule has 2 heterocycles. The first-order chi connectivity index (χ1) is 13.2. The molecule has 6 heteroatoms. The van der Waals surface area contributed by atoms with Gasteiger partial charge in [0, 0.05) is 44.8 Å². The van der Waals surface area contributed by atoms with Gasteiger partial charge in [-0.05, 0) is 30.3 Å². The molecule has 27 heavy (non-hydrogen) atoms. The van der Waals surface area contributed by atoms with Gasteiger partial charge in [0.2, 0.25) is 0 Å². The highest BCUT2D eigenvalue weighted by molar-refractivity contribution is 6.08. The van der Waals surface area contributed by atoms with Crippen molar-refractivity contribution in [3.63, 3.8) is 0 Å². The average molecular weight is 369 g/mol. The van der Waals surface area contributed by atoms with Crippen LogP contribution in [0.25, 0.3) is 0 Å². The molecule has 2 aromatic carbocycles. The maximum absolute atomic E-state index is 13.5. The first-order valence-electron chi connectivity index (χ1n) is 9.44. The van der Waals surface area contributed by atoms with Gasteiger partial charge in [-0.1, -0.05) is 18.2 Å². The van der Waals surface area contributed by atoms with Crippen molar-refractivity contribution in [1.29, 1.82) is 0 Å². The fourth-order valence-corrected chi connectivity index (χ4v) is 3.73. The van der Waals surface area contributed by atoms with Crippen LogP contribution in [0, 0.1) is 5.82 Å². The summed E-state index contributed by atoms with van der Waals surface area (Å²) in [5, 5.41) is 0. The van der Waals surface area contributed by atoms with Crippen molar-refractivity contribution in [3.8, 4) is 0 Å². The summed E-state index contributed by atoms with van der Waals surface area (Å²) >= 11 is 0. The van der Waals surface area contributed by atoms with Crippen LogP contribution in [-0.4, -0.2) is 63.3 Å². The van der Waals surface area contributed by atoms with E-state index in [1.165, 1.54) is 12.1 Å². The average Bonchev–Trinajstić information content (AvgIpc) is 2.72. The molecule has 0 aliphatic carbocycles. The Morgan fingerprint density at radius 1 is 0.926 bits per heavy atom. The predicted molar refractivity (Wildman–Crippen MR) is 104 cm³/mol. The number of amides is 1. The minimum atomic E-state index is -0.390. The summed E-state index contributed by atoms with van der Waals surface area (Å²) in [6.07, 6.45) is 0. The van der Waals surface area contributed by atoms with Crippen molar-refractivity contribution in [2.75, 3.05) is 62.3 Å². The quantitative estimate of drug-likeness (QED) is 0.830. The van der Waals surface area contributed by atoms with Crippen LogP contribution in [0.2, 0.25) is 0 Å². The van der Waals surface area contributed by atoms with Gasteiger partial charge in [0.15, 0.2) is 0 Å². The fraction of sp³-hybridized carbons (Fsp3) is 0.381. The molecule has 1 saturated heterocycles. The monoisotopic (exact) mass is 369 g/mol. The summed E-state index contributed by atoms with van der Waals surface area (Å²) < 4.78 is 18.9. The Kier molecular flexibility index (Phi) is 5.36. The third-order valence-corrected chi connectivity index (χ3v) is 5.21. The summed E-state index contributed by atoms with van der Waals surface area (Å²) in [4.78, 5) is 19.5. The Labute approximate surface area is 158 Å². The number of carbonyl (C=O) groups excluding carboxylic acids is 1. The lowest BCUT2D eigenvalue weighted by molar-refractivity contribution is 0.0391. The first-order valence-corrected chi connectivity index (χ1v) is 9.44. The second-order valence-corrected chi connectivity index (χ2v) is 6.90. The highest BCUT2D eigenvalue weighted by Gasteiger charge is 2.27. The second kappa shape index (κ2) is 8.06. The zero-order valence-electron chi connectivity index (χ0n) is 15.3. The van der Waals surface area contributed by atoms with E-state index in [4.69, 9.17) is 4.74 Å². The standard InChI is InChI=1S/C21H24FN3O2/c22-18-5-3-4-17(16-18)21(26)25-11-10-24(19-6-1-2-7-20(19)25)9-8-23-12-14-27-15-13-23/h1-7,16H,8-15H2. The lowest BCUT2D eigenvalue weighted by atomic mass is 10.1. The van der Waals surface area contributed by atoms with Gasteiger partial charge in [-0.3, -0.25) is 9.69 Å². The van der Waals surface area contributed by atoms with Crippen molar-refractivity contribution in [1.82, 2.24) is 4.90 Å². The third kappa shape index (κ3) is 3.96. The van der Waals surface area contributed by atoms with Crippen LogP contribution in [0.5, 0.6) is 0 Å². The lowest BCUT2D eigenvalue weighted by Gasteiger charge is -2.39. The lowest BCUT2D eigenvalue weighted by Crippen LogP contribution is -2.47. The summed E-state index contributed by atoms with van der Waals surface area (Å²) in [7, 11) is 0. The molecular weight excluding hydrogens is 345 g/mol. The zero-order chi connectivity index (χ0) is 18.6. The molecule has 2 aliphatic heterocycles. The topological polar surface area (TPSA) is 36.0 Å². The molecule has 5 nitrogen and oxygen atoms in total. The highest BCUT2D eigenvalue weighted by Crippen LogP contribution is 2.33. The Morgan fingerprint density at radius 2 is 1.70 bits per heavy atom. The SMILES string of the molecule is O=C(c1cccc(F)c1)N1CCN(CCN2CCOCC2)c2ccccc21. The minimum Gasteiger partial charge on any atom is -0.379 e. The number of benzene rings is 2. The van der Waals surface area contributed by atoms with Crippen molar-refractivity contribution >= 4 is 17.3 Å². The summed E-state index contributed by atoms with van der Waals surface area (Å²) in [5.74, 6) is -0.548. The van der Waals surface area contributed by atoms with Crippen LogP contribution in [0.4, 0.5) is 15.8 Å². The van der Waals surface area contributed by atoms with Crippen LogP contribution >= 0.6 is 0 Å². The third-order valence-electron chi connectivity index (χ3n) is 5.21. The molecule has 0 atom stereocenters. The Bertz CT molecular complexity index is 808. The molecular formula is C21H24FN3O2. The molecule has 1 amide bonds. The molecule has 2 aromatic rings. The van der Waals surface area contributed by atoms with E-state index in [2.05, 4.69) is 15.9 Å². The fourth-order valence-electron chi connectivity index (χ4n) is 3.73. The van der Waals surface area contributed by atoms with Crippen LogP contribution in [0.15, 0.2) is 48.5 Å². The van der Waals surface area contributed by atoms with Crippen molar-refractivity contribution < 1.29 is 13.9 Å². The summed E-state index contributed by atoms with van der Waals surface area (Å²) in [5.41, 5.74) is 2.33. The molecule has 4 rings (SSSR count). The van der Waals surface area contributed by atoms with Crippen molar-refractivity contribution in [3.05, 3.63) is 59.9 Å². The molecule has 0 spiro atoms. The Hall–Kier alpha value is -2.44. The van der Waals surface area contributed by atoms with Gasteiger partial charge in [-0.25, -0.2) is 4.39 Å². The number of para-hydroxylation sites is 2. The van der Waals surface area contributed by atoms with E-state index in [1.54, 1.807) is 17.0 Å². The number of hydrogen-bond donors (Lipinski definition) is 0. The van der Waals surface area contributed by atoms with Crippen LogP contribution in [0.3, 0.4) is 0 Å². The number of halogens is 1. The Balaban J connectivity index is 1.51. The van der Waals surface area contributed by atoms with Crippen LogP contribution in [-0.2, 0) is 4.74 Å². The number of rotatable bonds is 4. The number of ether oxygens (including phenoxy) is 1. The largest absolute Gasteiger partial charge is 0.379 e. The van der Waals surface area contributed by atoms with Gasteiger partial charge in [0.1, 0.15) is 5.82 Å². The highest BCUT2D eigenvalue weighted by atomic mass is 19.1. The Morgan fingerprint density at radius 3 is 2.48 bits per heavy atom.